The van der Waals surface area contributed by atoms with Gasteiger partial charge < -0.3 is 20.9 Å². The highest BCUT2D eigenvalue weighted by molar-refractivity contribution is 5.80. The molecule has 0 amide bonds. The van der Waals surface area contributed by atoms with Crippen molar-refractivity contribution in [3.05, 3.63) is 18.2 Å². The Hall–Kier alpha value is -1.75. The van der Waals surface area contributed by atoms with Gasteiger partial charge in [-0.25, -0.2) is 4.98 Å². The summed E-state index contributed by atoms with van der Waals surface area (Å²) in [7, 11) is 0. The van der Waals surface area contributed by atoms with Crippen LogP contribution in [-0.2, 0) is 0 Å². The Morgan fingerprint density at radius 1 is 1.40 bits per heavy atom. The number of piperidine rings is 1. The summed E-state index contributed by atoms with van der Waals surface area (Å²) < 4.78 is 0. The molecule has 5 nitrogen and oxygen atoms in total. The van der Waals surface area contributed by atoms with E-state index in [-0.39, 0.29) is 0 Å². The summed E-state index contributed by atoms with van der Waals surface area (Å²) in [5.41, 5.74) is 8.51. The first kappa shape index (κ1) is 13.2. The van der Waals surface area contributed by atoms with Crippen molar-refractivity contribution in [2.75, 3.05) is 30.7 Å². The molecule has 3 rings (SSSR count). The third kappa shape index (κ3) is 2.88. The lowest BCUT2D eigenvalue weighted by molar-refractivity contribution is 0.219. The van der Waals surface area contributed by atoms with Crippen LogP contribution in [0.3, 0.4) is 0 Å². The van der Waals surface area contributed by atoms with Gasteiger partial charge in [0.15, 0.2) is 0 Å². The average Bonchev–Trinajstić information content (AvgIpc) is 2.82. The number of nitrogens with one attached hydrogen (secondary N) is 2. The Labute approximate surface area is 119 Å². The van der Waals surface area contributed by atoms with E-state index < -0.39 is 0 Å². The topological polar surface area (TPSA) is 70.0 Å². The molecule has 108 valence electrons. The molecule has 2 heterocycles. The number of imidazole rings is 1. The van der Waals surface area contributed by atoms with E-state index in [0.29, 0.717) is 6.04 Å². The first-order valence-corrected chi connectivity index (χ1v) is 7.48. The van der Waals surface area contributed by atoms with Crippen molar-refractivity contribution in [1.29, 1.82) is 0 Å². The Kier molecular flexibility index (Phi) is 3.78. The number of aromatic nitrogens is 2. The van der Waals surface area contributed by atoms with Crippen molar-refractivity contribution >= 4 is 22.7 Å². The van der Waals surface area contributed by atoms with Crippen LogP contribution in [0, 0.1) is 0 Å². The normalized spacial score (nSPS) is 17.6. The zero-order chi connectivity index (χ0) is 13.9. The van der Waals surface area contributed by atoms with E-state index in [0.717, 1.165) is 22.7 Å². The van der Waals surface area contributed by atoms with Crippen molar-refractivity contribution in [3.63, 3.8) is 0 Å². The SMILES string of the molecule is CCCN1CCC(Nc2nc3ccc(N)cc3[nH]2)CC1. The van der Waals surface area contributed by atoms with Crippen molar-refractivity contribution in [2.45, 2.75) is 32.2 Å². The maximum Gasteiger partial charge on any atom is 0.201 e. The van der Waals surface area contributed by atoms with Crippen LogP contribution >= 0.6 is 0 Å². The van der Waals surface area contributed by atoms with Crippen molar-refractivity contribution < 1.29 is 0 Å². The minimum absolute atomic E-state index is 0.515. The van der Waals surface area contributed by atoms with Gasteiger partial charge in [-0.15, -0.1) is 0 Å². The van der Waals surface area contributed by atoms with E-state index in [1.54, 1.807) is 0 Å². The number of likely N-dealkylation sites (tertiary alicyclic amines) is 1. The Morgan fingerprint density at radius 3 is 2.95 bits per heavy atom. The zero-order valence-corrected chi connectivity index (χ0v) is 12.0. The first-order chi connectivity index (χ1) is 9.74. The Morgan fingerprint density at radius 2 is 2.20 bits per heavy atom. The maximum atomic E-state index is 5.79. The second-order valence-corrected chi connectivity index (χ2v) is 5.62. The molecule has 1 saturated heterocycles. The highest BCUT2D eigenvalue weighted by atomic mass is 15.2. The third-order valence-electron chi connectivity index (χ3n) is 3.97. The fourth-order valence-corrected chi connectivity index (χ4v) is 2.91. The average molecular weight is 273 g/mol. The summed E-state index contributed by atoms with van der Waals surface area (Å²) in [5.74, 6) is 0.861. The van der Waals surface area contributed by atoms with Gasteiger partial charge in [-0.1, -0.05) is 6.92 Å². The molecule has 0 bridgehead atoms. The van der Waals surface area contributed by atoms with E-state index in [2.05, 4.69) is 27.1 Å². The van der Waals surface area contributed by atoms with E-state index in [1.165, 1.54) is 38.9 Å². The van der Waals surface area contributed by atoms with Gasteiger partial charge in [0.25, 0.3) is 0 Å². The molecule has 2 aromatic rings. The van der Waals surface area contributed by atoms with Crippen molar-refractivity contribution in [1.82, 2.24) is 14.9 Å². The number of hydrogen-bond acceptors (Lipinski definition) is 4. The Balaban J connectivity index is 1.62. The van der Waals surface area contributed by atoms with E-state index in [1.807, 2.05) is 18.2 Å². The molecule has 0 radical (unpaired) electrons. The van der Waals surface area contributed by atoms with Gasteiger partial charge in [0.05, 0.1) is 11.0 Å². The summed E-state index contributed by atoms with van der Waals surface area (Å²) in [4.78, 5) is 10.4. The van der Waals surface area contributed by atoms with Gasteiger partial charge in [-0.05, 0) is 44.0 Å². The maximum absolute atomic E-state index is 5.79. The minimum Gasteiger partial charge on any atom is -0.399 e. The van der Waals surface area contributed by atoms with Gasteiger partial charge in [0.1, 0.15) is 0 Å². The molecule has 0 unspecified atom stereocenters. The summed E-state index contributed by atoms with van der Waals surface area (Å²) >= 11 is 0. The molecular weight excluding hydrogens is 250 g/mol. The molecule has 0 aliphatic carbocycles. The molecule has 1 aromatic carbocycles. The van der Waals surface area contributed by atoms with E-state index >= 15 is 0 Å². The molecule has 5 heteroatoms. The summed E-state index contributed by atoms with van der Waals surface area (Å²) in [6.07, 6.45) is 3.60. The van der Waals surface area contributed by atoms with Crippen LogP contribution in [0.25, 0.3) is 11.0 Å². The summed E-state index contributed by atoms with van der Waals surface area (Å²) in [5, 5.41) is 3.52. The van der Waals surface area contributed by atoms with E-state index in [4.69, 9.17) is 5.73 Å². The van der Waals surface area contributed by atoms with Gasteiger partial charge >= 0.3 is 0 Å². The van der Waals surface area contributed by atoms with Crippen LogP contribution in [0.1, 0.15) is 26.2 Å². The molecule has 4 N–H and O–H groups in total. The van der Waals surface area contributed by atoms with Gasteiger partial charge in [-0.3, -0.25) is 0 Å². The highest BCUT2D eigenvalue weighted by Crippen LogP contribution is 2.20. The number of hydrogen-bond donors (Lipinski definition) is 3. The van der Waals surface area contributed by atoms with Crippen LogP contribution in [-0.4, -0.2) is 40.5 Å². The molecular formula is C15H23N5. The number of aromatic amines is 1. The monoisotopic (exact) mass is 273 g/mol. The molecule has 1 aliphatic heterocycles. The summed E-state index contributed by atoms with van der Waals surface area (Å²) in [6, 6.07) is 6.28. The number of anilines is 2. The highest BCUT2D eigenvalue weighted by Gasteiger charge is 2.19. The molecule has 0 spiro atoms. The van der Waals surface area contributed by atoms with Crippen LogP contribution in [0.4, 0.5) is 11.6 Å². The minimum atomic E-state index is 0.515. The lowest BCUT2D eigenvalue weighted by atomic mass is 10.1. The number of rotatable bonds is 4. The number of nitrogens with zero attached hydrogens (tertiary/aromatic N) is 2. The molecule has 0 saturated carbocycles. The molecule has 0 atom stereocenters. The fraction of sp³-hybridized carbons (Fsp3) is 0.533. The second-order valence-electron chi connectivity index (χ2n) is 5.62. The zero-order valence-electron chi connectivity index (χ0n) is 12.0. The molecule has 20 heavy (non-hydrogen) atoms. The number of nitrogen functional groups attached to an aromatic ring is 1. The first-order valence-electron chi connectivity index (χ1n) is 7.48. The lowest BCUT2D eigenvalue weighted by Gasteiger charge is -2.31. The van der Waals surface area contributed by atoms with Crippen LogP contribution in [0.15, 0.2) is 18.2 Å². The van der Waals surface area contributed by atoms with Crippen LogP contribution < -0.4 is 11.1 Å². The van der Waals surface area contributed by atoms with Crippen molar-refractivity contribution in [3.8, 4) is 0 Å². The molecule has 1 aliphatic rings. The fourth-order valence-electron chi connectivity index (χ4n) is 2.91. The quantitative estimate of drug-likeness (QED) is 0.748. The predicted octanol–water partition coefficient (Wildman–Crippen LogP) is 2.43. The largest absolute Gasteiger partial charge is 0.399 e. The van der Waals surface area contributed by atoms with Crippen molar-refractivity contribution in [2.24, 2.45) is 0 Å². The Bertz CT molecular complexity index is 569. The smallest absolute Gasteiger partial charge is 0.201 e. The molecule has 1 fully saturated rings. The van der Waals surface area contributed by atoms with Gasteiger partial charge in [-0.2, -0.15) is 0 Å². The lowest BCUT2D eigenvalue weighted by Crippen LogP contribution is -2.39. The summed E-state index contributed by atoms with van der Waals surface area (Å²) in [6.45, 7) is 5.82. The second kappa shape index (κ2) is 5.71. The third-order valence-corrected chi connectivity index (χ3v) is 3.97. The van der Waals surface area contributed by atoms with Gasteiger partial charge in [0.2, 0.25) is 5.95 Å². The number of fused-ring (bicyclic) bond motifs is 1. The predicted molar refractivity (Wildman–Crippen MR) is 83.9 cm³/mol. The van der Waals surface area contributed by atoms with Crippen LogP contribution in [0.2, 0.25) is 0 Å². The number of H-pyrrole nitrogens is 1. The standard InChI is InChI=1S/C15H23N5/c1-2-7-20-8-5-12(6-9-20)17-15-18-13-4-3-11(16)10-14(13)19-15/h3-4,10,12H,2,5-9,16H2,1H3,(H2,17,18,19). The number of benzene rings is 1. The molecule has 1 aromatic heterocycles. The number of nitrogens with two attached hydrogens (primary N) is 1. The van der Waals surface area contributed by atoms with Crippen LogP contribution in [0.5, 0.6) is 0 Å². The van der Waals surface area contributed by atoms with Gasteiger partial charge in [0, 0.05) is 24.8 Å². The van der Waals surface area contributed by atoms with E-state index in [9.17, 15) is 0 Å².